The molecule has 28 heavy (non-hydrogen) atoms. The summed E-state index contributed by atoms with van der Waals surface area (Å²) in [5.74, 6) is 0.798. The van der Waals surface area contributed by atoms with Crippen molar-refractivity contribution in [2.24, 2.45) is 0 Å². The Kier molecular flexibility index (Phi) is 5.13. The second-order valence-electron chi connectivity index (χ2n) is 7.93. The monoisotopic (exact) mass is 409 g/mol. The number of ether oxygens (including phenoxy) is 1. The van der Waals surface area contributed by atoms with Gasteiger partial charge in [-0.25, -0.2) is 13.2 Å². The summed E-state index contributed by atoms with van der Waals surface area (Å²) < 4.78 is 30.9. The van der Waals surface area contributed by atoms with E-state index in [-0.39, 0.29) is 18.2 Å². The summed E-state index contributed by atoms with van der Waals surface area (Å²) in [6.45, 7) is 2.35. The highest BCUT2D eigenvalue weighted by molar-refractivity contribution is 7.88. The largest absolute Gasteiger partial charge is 0.490 e. The fourth-order valence-corrected chi connectivity index (χ4v) is 5.57. The summed E-state index contributed by atoms with van der Waals surface area (Å²) in [5, 5.41) is 9.35. The molecule has 154 valence electrons. The number of piperazine rings is 1. The number of benzene rings is 1. The summed E-state index contributed by atoms with van der Waals surface area (Å²) in [5.41, 5.74) is 1.06. The first-order chi connectivity index (χ1) is 13.3. The van der Waals surface area contributed by atoms with Crippen molar-refractivity contribution in [3.63, 3.8) is 0 Å². The molecule has 0 radical (unpaired) electrons. The highest BCUT2D eigenvalue weighted by atomic mass is 32.2. The maximum absolute atomic E-state index is 11.6. The summed E-state index contributed by atoms with van der Waals surface area (Å²) in [7, 11) is -3.12. The molecule has 0 spiro atoms. The highest BCUT2D eigenvalue weighted by Crippen LogP contribution is 2.37. The second kappa shape index (κ2) is 7.44. The number of sulfonamides is 1. The van der Waals surface area contributed by atoms with E-state index in [4.69, 9.17) is 4.74 Å². The lowest BCUT2D eigenvalue weighted by Gasteiger charge is -2.37. The molecule has 3 aliphatic rings. The van der Waals surface area contributed by atoms with E-state index in [1.165, 1.54) is 10.6 Å². The number of hydrogen-bond acceptors (Lipinski definition) is 5. The van der Waals surface area contributed by atoms with Gasteiger partial charge in [0.2, 0.25) is 10.0 Å². The number of hydrogen-bond donors (Lipinski definition) is 1. The van der Waals surface area contributed by atoms with Gasteiger partial charge in [0, 0.05) is 56.8 Å². The van der Waals surface area contributed by atoms with Crippen molar-refractivity contribution in [2.45, 2.75) is 43.9 Å². The summed E-state index contributed by atoms with van der Waals surface area (Å²) in [6.07, 6.45) is 3.84. The molecule has 2 bridgehead atoms. The molecule has 0 aliphatic carbocycles. The van der Waals surface area contributed by atoms with Gasteiger partial charge in [-0.15, -0.1) is 0 Å². The van der Waals surface area contributed by atoms with E-state index in [1.54, 1.807) is 4.90 Å². The van der Waals surface area contributed by atoms with Crippen LogP contribution in [0.5, 0.6) is 5.75 Å². The normalized spacial score (nSPS) is 28.4. The highest BCUT2D eigenvalue weighted by Gasteiger charge is 2.44. The van der Waals surface area contributed by atoms with Gasteiger partial charge in [-0.1, -0.05) is 0 Å². The van der Waals surface area contributed by atoms with Gasteiger partial charge in [-0.3, -0.25) is 0 Å². The Morgan fingerprint density at radius 1 is 1.04 bits per heavy atom. The van der Waals surface area contributed by atoms with Crippen LogP contribution < -0.4 is 9.64 Å². The number of anilines is 1. The lowest BCUT2D eigenvalue weighted by Crippen LogP contribution is -2.48. The van der Waals surface area contributed by atoms with Crippen LogP contribution in [0, 0.1) is 0 Å². The zero-order chi connectivity index (χ0) is 19.9. The fourth-order valence-electron chi connectivity index (χ4n) is 4.74. The zero-order valence-corrected chi connectivity index (χ0v) is 16.8. The predicted molar refractivity (Wildman–Crippen MR) is 105 cm³/mol. The smallest absolute Gasteiger partial charge is 0.407 e. The number of rotatable bonds is 4. The van der Waals surface area contributed by atoms with Crippen LogP contribution in [0.1, 0.15) is 25.7 Å². The first-order valence-electron chi connectivity index (χ1n) is 9.79. The van der Waals surface area contributed by atoms with E-state index >= 15 is 0 Å². The van der Waals surface area contributed by atoms with Crippen molar-refractivity contribution in [3.8, 4) is 5.75 Å². The van der Waals surface area contributed by atoms with Crippen LogP contribution >= 0.6 is 0 Å². The Morgan fingerprint density at radius 3 is 2.11 bits per heavy atom. The van der Waals surface area contributed by atoms with E-state index in [0.29, 0.717) is 26.2 Å². The molecule has 3 aliphatic heterocycles. The maximum atomic E-state index is 11.6. The Hall–Kier alpha value is -2.00. The molecule has 0 saturated carbocycles. The van der Waals surface area contributed by atoms with Crippen molar-refractivity contribution in [2.75, 3.05) is 37.3 Å². The fraction of sp³-hybridized carbons (Fsp3) is 0.632. The van der Waals surface area contributed by atoms with Crippen molar-refractivity contribution >= 4 is 21.8 Å². The van der Waals surface area contributed by atoms with Crippen molar-refractivity contribution in [1.29, 1.82) is 0 Å². The van der Waals surface area contributed by atoms with Crippen molar-refractivity contribution in [1.82, 2.24) is 9.21 Å². The lowest BCUT2D eigenvalue weighted by molar-refractivity contribution is 0.0496. The molecular weight excluding hydrogens is 382 g/mol. The van der Waals surface area contributed by atoms with Crippen LogP contribution in [0.25, 0.3) is 0 Å². The third kappa shape index (κ3) is 3.91. The molecule has 3 fully saturated rings. The van der Waals surface area contributed by atoms with Gasteiger partial charge in [-0.05, 0) is 37.1 Å². The average molecular weight is 410 g/mol. The molecule has 3 atom stereocenters. The molecule has 1 aromatic carbocycles. The van der Waals surface area contributed by atoms with Gasteiger partial charge in [0.05, 0.1) is 6.26 Å². The van der Waals surface area contributed by atoms with E-state index in [2.05, 4.69) is 4.90 Å². The predicted octanol–water partition coefficient (Wildman–Crippen LogP) is 1.82. The van der Waals surface area contributed by atoms with Crippen LogP contribution in [-0.2, 0) is 10.0 Å². The molecule has 3 saturated heterocycles. The molecule has 1 unspecified atom stereocenters. The van der Waals surface area contributed by atoms with E-state index in [0.717, 1.165) is 37.1 Å². The van der Waals surface area contributed by atoms with Gasteiger partial charge in [0.25, 0.3) is 0 Å². The minimum absolute atomic E-state index is 0.0530. The first-order valence-corrected chi connectivity index (χ1v) is 11.6. The number of carbonyl (C=O) groups is 1. The van der Waals surface area contributed by atoms with E-state index in [1.807, 2.05) is 24.3 Å². The maximum Gasteiger partial charge on any atom is 0.407 e. The number of piperidine rings is 1. The quantitative estimate of drug-likeness (QED) is 0.816. The third-order valence-electron chi connectivity index (χ3n) is 6.12. The first kappa shape index (κ1) is 19.3. The van der Waals surface area contributed by atoms with Crippen LogP contribution in [0.15, 0.2) is 24.3 Å². The van der Waals surface area contributed by atoms with E-state index < -0.39 is 16.1 Å². The number of carboxylic acid groups (broad SMARTS) is 1. The molecule has 1 aromatic rings. The zero-order valence-electron chi connectivity index (χ0n) is 16.0. The number of amides is 1. The standard InChI is InChI=1S/C19H27N3O5S/c1-28(25,26)21-10-8-20(9-11-21)14-4-6-17(7-5-14)27-18-12-15-2-3-16(13-18)22(15)19(23)24/h4-7,15-16,18H,2-3,8-13H2,1H3,(H,23,24)/t15-,16+,18?. The van der Waals surface area contributed by atoms with E-state index in [9.17, 15) is 18.3 Å². The Bertz CT molecular complexity index is 806. The van der Waals surface area contributed by atoms with Crippen LogP contribution in [0.3, 0.4) is 0 Å². The molecular formula is C19H27N3O5S. The minimum atomic E-state index is -3.12. The Balaban J connectivity index is 1.33. The third-order valence-corrected chi connectivity index (χ3v) is 7.43. The molecule has 4 rings (SSSR count). The Morgan fingerprint density at radius 2 is 1.61 bits per heavy atom. The van der Waals surface area contributed by atoms with Crippen LogP contribution in [-0.4, -0.2) is 79.4 Å². The van der Waals surface area contributed by atoms with Gasteiger partial charge in [0.15, 0.2) is 0 Å². The lowest BCUT2D eigenvalue weighted by atomic mass is 10.0. The van der Waals surface area contributed by atoms with Crippen molar-refractivity contribution < 1.29 is 23.1 Å². The van der Waals surface area contributed by atoms with Gasteiger partial charge < -0.3 is 19.6 Å². The van der Waals surface area contributed by atoms with Gasteiger partial charge in [0.1, 0.15) is 11.9 Å². The summed E-state index contributed by atoms with van der Waals surface area (Å²) >= 11 is 0. The van der Waals surface area contributed by atoms with Gasteiger partial charge >= 0.3 is 6.09 Å². The summed E-state index contributed by atoms with van der Waals surface area (Å²) in [6, 6.07) is 8.06. The molecule has 1 N–H and O–H groups in total. The molecule has 0 aromatic heterocycles. The number of fused-ring (bicyclic) bond motifs is 2. The average Bonchev–Trinajstić information content (AvgIpc) is 2.93. The summed E-state index contributed by atoms with van der Waals surface area (Å²) in [4.78, 5) is 15.2. The van der Waals surface area contributed by atoms with Crippen molar-refractivity contribution in [3.05, 3.63) is 24.3 Å². The van der Waals surface area contributed by atoms with Gasteiger partial charge in [-0.2, -0.15) is 4.31 Å². The minimum Gasteiger partial charge on any atom is -0.490 e. The second-order valence-corrected chi connectivity index (χ2v) is 9.91. The molecule has 8 nitrogen and oxygen atoms in total. The van der Waals surface area contributed by atoms with Crippen LogP contribution in [0.4, 0.5) is 10.5 Å². The Labute approximate surface area is 165 Å². The molecule has 1 amide bonds. The molecule has 9 heteroatoms. The molecule has 3 heterocycles. The number of nitrogens with zero attached hydrogens (tertiary/aromatic N) is 3. The SMILES string of the molecule is CS(=O)(=O)N1CCN(c2ccc(OC3C[C@H]4CC[C@@H](C3)N4C(=O)O)cc2)CC1. The topological polar surface area (TPSA) is 90.4 Å². The van der Waals surface area contributed by atoms with Crippen LogP contribution in [0.2, 0.25) is 0 Å².